The molecule has 2 aromatic rings. The molecule has 1 amide bonds. The van der Waals surface area contributed by atoms with Crippen molar-refractivity contribution in [1.29, 1.82) is 0 Å². The van der Waals surface area contributed by atoms with Crippen molar-refractivity contribution in [3.63, 3.8) is 0 Å². The molecule has 1 aliphatic rings. The van der Waals surface area contributed by atoms with Crippen LogP contribution in [0.15, 0.2) is 45.9 Å². The highest BCUT2D eigenvalue weighted by Crippen LogP contribution is 2.19. The van der Waals surface area contributed by atoms with Crippen LogP contribution in [0.5, 0.6) is 0 Å². The molecule has 0 unspecified atom stereocenters. The molecule has 1 aromatic heterocycles. The lowest BCUT2D eigenvalue weighted by Crippen LogP contribution is -2.37. The van der Waals surface area contributed by atoms with E-state index >= 15 is 0 Å². The summed E-state index contributed by atoms with van der Waals surface area (Å²) in [6.45, 7) is 0.708. The Balaban J connectivity index is 1.72. The lowest BCUT2D eigenvalue weighted by Gasteiger charge is -2.21. The maximum Gasteiger partial charge on any atom is 0.338 e. The van der Waals surface area contributed by atoms with Crippen LogP contribution in [0.2, 0.25) is 0 Å². The number of halogens is 1. The predicted molar refractivity (Wildman–Crippen MR) is 91.3 cm³/mol. The monoisotopic (exact) mass is 396 g/mol. The zero-order valence-electron chi connectivity index (χ0n) is 14.2. The zero-order chi connectivity index (χ0) is 19.6. The zero-order valence-corrected chi connectivity index (χ0v) is 15.0. The summed E-state index contributed by atoms with van der Waals surface area (Å²) in [7, 11) is -3.80. The molecule has 0 bridgehead atoms. The number of carbonyl (C=O) groups is 2. The third-order valence-corrected chi connectivity index (χ3v) is 6.16. The minimum absolute atomic E-state index is 0.0131. The third-order valence-electron chi connectivity index (χ3n) is 4.25. The molecule has 0 atom stereocenters. The Bertz CT molecular complexity index is 954. The van der Waals surface area contributed by atoms with Crippen molar-refractivity contribution in [3.05, 3.63) is 53.7 Å². The number of benzene rings is 1. The van der Waals surface area contributed by atoms with E-state index in [0.29, 0.717) is 13.0 Å². The van der Waals surface area contributed by atoms with Crippen LogP contribution in [0.3, 0.4) is 0 Å². The highest BCUT2D eigenvalue weighted by molar-refractivity contribution is 7.89. The molecular weight excluding hydrogens is 379 g/mol. The smallest absolute Gasteiger partial charge is 0.338 e. The number of hydrogen-bond acceptors (Lipinski definition) is 5. The van der Waals surface area contributed by atoms with E-state index in [4.69, 9.17) is 9.52 Å². The normalized spacial score (nSPS) is 16.1. The Morgan fingerprint density at radius 2 is 1.78 bits per heavy atom. The number of amides is 1. The SMILES string of the molecule is O=C(O)c1coc(C(=O)N2CCCN(S(=O)(=O)c3ccc(F)cc3)CC2)c1. The van der Waals surface area contributed by atoms with Crippen molar-refractivity contribution in [2.45, 2.75) is 11.3 Å². The lowest BCUT2D eigenvalue weighted by atomic mass is 10.3. The Hall–Kier alpha value is -2.72. The van der Waals surface area contributed by atoms with Crippen molar-refractivity contribution < 1.29 is 31.9 Å². The molecule has 1 fully saturated rings. The standard InChI is InChI=1S/C17H17FN2O6S/c18-13-2-4-14(5-3-13)27(24,25)20-7-1-6-19(8-9-20)16(21)15-10-12(11-26-15)17(22)23/h2-5,10-11H,1,6-9H2,(H,22,23). The molecule has 10 heteroatoms. The van der Waals surface area contributed by atoms with Crippen LogP contribution in [-0.2, 0) is 10.0 Å². The predicted octanol–water partition coefficient (Wildman–Crippen LogP) is 1.65. The van der Waals surface area contributed by atoms with Crippen molar-refractivity contribution in [2.75, 3.05) is 26.2 Å². The van der Waals surface area contributed by atoms with Gasteiger partial charge in [-0.1, -0.05) is 0 Å². The van der Waals surface area contributed by atoms with Gasteiger partial charge in [0.2, 0.25) is 10.0 Å². The van der Waals surface area contributed by atoms with Crippen LogP contribution in [-0.4, -0.2) is 60.8 Å². The minimum Gasteiger partial charge on any atom is -0.478 e. The first-order chi connectivity index (χ1) is 12.8. The summed E-state index contributed by atoms with van der Waals surface area (Å²) in [6.07, 6.45) is 1.39. The van der Waals surface area contributed by atoms with E-state index in [9.17, 15) is 22.4 Å². The Labute approximate surface area is 154 Å². The quantitative estimate of drug-likeness (QED) is 0.842. The highest BCUT2D eigenvalue weighted by atomic mass is 32.2. The number of sulfonamides is 1. The molecule has 2 heterocycles. The van der Waals surface area contributed by atoms with Gasteiger partial charge in [-0.15, -0.1) is 0 Å². The highest BCUT2D eigenvalue weighted by Gasteiger charge is 2.29. The van der Waals surface area contributed by atoms with Gasteiger partial charge in [-0.2, -0.15) is 4.31 Å². The first-order valence-electron chi connectivity index (χ1n) is 8.16. The molecule has 1 aliphatic heterocycles. The van der Waals surface area contributed by atoms with Crippen molar-refractivity contribution >= 4 is 21.9 Å². The second-order valence-corrected chi connectivity index (χ2v) is 7.95. The van der Waals surface area contributed by atoms with Gasteiger partial charge in [-0.05, 0) is 30.7 Å². The van der Waals surface area contributed by atoms with E-state index < -0.39 is 27.7 Å². The molecule has 0 spiro atoms. The molecule has 1 saturated heterocycles. The molecule has 144 valence electrons. The van der Waals surface area contributed by atoms with Gasteiger partial charge in [-0.3, -0.25) is 4.79 Å². The number of rotatable bonds is 4. The van der Waals surface area contributed by atoms with Crippen molar-refractivity contribution in [3.8, 4) is 0 Å². The second-order valence-electron chi connectivity index (χ2n) is 6.01. The van der Waals surface area contributed by atoms with E-state index in [1.54, 1.807) is 0 Å². The average Bonchev–Trinajstić information content (AvgIpc) is 2.99. The number of carboxylic acids is 1. The maximum absolute atomic E-state index is 13.0. The molecule has 1 aromatic carbocycles. The average molecular weight is 396 g/mol. The minimum atomic E-state index is -3.80. The summed E-state index contributed by atoms with van der Waals surface area (Å²) in [5.74, 6) is -2.34. The number of hydrogen-bond donors (Lipinski definition) is 1. The van der Waals surface area contributed by atoms with Crippen molar-refractivity contribution in [1.82, 2.24) is 9.21 Å². The van der Waals surface area contributed by atoms with E-state index in [0.717, 1.165) is 24.5 Å². The van der Waals surface area contributed by atoms with Gasteiger partial charge in [0.15, 0.2) is 5.76 Å². The van der Waals surface area contributed by atoms with Gasteiger partial charge in [0.25, 0.3) is 5.91 Å². The molecular formula is C17H17FN2O6S. The van der Waals surface area contributed by atoms with Crippen LogP contribution in [0, 0.1) is 5.82 Å². The number of carbonyl (C=O) groups excluding carboxylic acids is 1. The first-order valence-corrected chi connectivity index (χ1v) is 9.60. The lowest BCUT2D eigenvalue weighted by molar-refractivity contribution is 0.0694. The summed E-state index contributed by atoms with van der Waals surface area (Å²) in [5, 5.41) is 8.90. The molecule has 0 radical (unpaired) electrons. The molecule has 8 nitrogen and oxygen atoms in total. The van der Waals surface area contributed by atoms with Gasteiger partial charge in [0, 0.05) is 32.2 Å². The second kappa shape index (κ2) is 7.49. The van der Waals surface area contributed by atoms with Gasteiger partial charge < -0.3 is 14.4 Å². The summed E-state index contributed by atoms with van der Waals surface area (Å²) < 4.78 is 44.7. The fraction of sp³-hybridized carbons (Fsp3) is 0.294. The van der Waals surface area contributed by atoms with Gasteiger partial charge >= 0.3 is 5.97 Å². The fourth-order valence-electron chi connectivity index (χ4n) is 2.81. The summed E-state index contributed by atoms with van der Waals surface area (Å²) in [6, 6.07) is 5.71. The van der Waals surface area contributed by atoms with Crippen LogP contribution in [0.1, 0.15) is 27.3 Å². The number of carboxylic acid groups (broad SMARTS) is 1. The van der Waals surface area contributed by atoms with Gasteiger partial charge in [0.1, 0.15) is 12.1 Å². The molecule has 3 rings (SSSR count). The van der Waals surface area contributed by atoms with E-state index in [1.165, 1.54) is 21.3 Å². The van der Waals surface area contributed by atoms with Crippen LogP contribution in [0.25, 0.3) is 0 Å². The Morgan fingerprint density at radius 1 is 1.07 bits per heavy atom. The van der Waals surface area contributed by atoms with E-state index in [1.807, 2.05) is 0 Å². The molecule has 0 aliphatic carbocycles. The van der Waals surface area contributed by atoms with Crippen molar-refractivity contribution in [2.24, 2.45) is 0 Å². The summed E-state index contributed by atoms with van der Waals surface area (Å²) >= 11 is 0. The molecule has 1 N–H and O–H groups in total. The van der Waals surface area contributed by atoms with Crippen LogP contribution in [0.4, 0.5) is 4.39 Å². The summed E-state index contributed by atoms with van der Waals surface area (Å²) in [5.41, 5.74) is -0.131. The fourth-order valence-corrected chi connectivity index (χ4v) is 4.28. The Kier molecular flexibility index (Phi) is 5.29. The summed E-state index contributed by atoms with van der Waals surface area (Å²) in [4.78, 5) is 24.8. The first kappa shape index (κ1) is 19.1. The number of aromatic carboxylic acids is 1. The Morgan fingerprint density at radius 3 is 2.41 bits per heavy atom. The number of furan rings is 1. The largest absolute Gasteiger partial charge is 0.478 e. The van der Waals surface area contributed by atoms with Crippen LogP contribution >= 0.6 is 0 Å². The topological polar surface area (TPSA) is 108 Å². The van der Waals surface area contributed by atoms with E-state index in [-0.39, 0.29) is 35.9 Å². The molecule has 0 saturated carbocycles. The number of nitrogens with zero attached hydrogens (tertiary/aromatic N) is 2. The maximum atomic E-state index is 13.0. The van der Waals surface area contributed by atoms with E-state index in [2.05, 4.69) is 0 Å². The molecule has 27 heavy (non-hydrogen) atoms. The van der Waals surface area contributed by atoms with Gasteiger partial charge in [-0.25, -0.2) is 17.6 Å². The van der Waals surface area contributed by atoms with Crippen LogP contribution < -0.4 is 0 Å². The van der Waals surface area contributed by atoms with Gasteiger partial charge in [0.05, 0.1) is 10.5 Å². The third kappa shape index (κ3) is 4.01.